The summed E-state index contributed by atoms with van der Waals surface area (Å²) in [7, 11) is 6.38. The van der Waals surface area contributed by atoms with Gasteiger partial charge in [0.25, 0.3) is 0 Å². The van der Waals surface area contributed by atoms with Gasteiger partial charge in [0.2, 0.25) is 0 Å². The first-order valence-corrected chi connectivity index (χ1v) is 10.7. The number of thioether (sulfide) groups is 3. The first kappa shape index (κ1) is 19.3. The highest BCUT2D eigenvalue weighted by Crippen LogP contribution is 2.10. The van der Waals surface area contributed by atoms with Gasteiger partial charge in [0, 0.05) is 31.1 Å². The lowest BCUT2D eigenvalue weighted by Gasteiger charge is -2.20. The van der Waals surface area contributed by atoms with Gasteiger partial charge in [0.1, 0.15) is 0 Å². The van der Waals surface area contributed by atoms with Gasteiger partial charge < -0.3 is 4.90 Å². The summed E-state index contributed by atoms with van der Waals surface area (Å²) in [5.41, 5.74) is 0. The highest BCUT2D eigenvalue weighted by molar-refractivity contribution is 8.02. The predicted octanol–water partition coefficient (Wildman–Crippen LogP) is 3.29. The summed E-state index contributed by atoms with van der Waals surface area (Å²) < 4.78 is 0. The van der Waals surface area contributed by atoms with E-state index >= 15 is 0 Å². The van der Waals surface area contributed by atoms with Crippen molar-refractivity contribution in [1.29, 1.82) is 0 Å². The smallest absolute Gasteiger partial charge is 0.0633 e. The van der Waals surface area contributed by atoms with E-state index in [9.17, 15) is 0 Å². The van der Waals surface area contributed by atoms with Gasteiger partial charge in [-0.1, -0.05) is 12.2 Å². The first-order chi connectivity index (χ1) is 10.2. The van der Waals surface area contributed by atoms with E-state index in [4.69, 9.17) is 0 Å². The van der Waals surface area contributed by atoms with E-state index in [1.807, 2.05) is 35.3 Å². The van der Waals surface area contributed by atoms with Gasteiger partial charge in [0.05, 0.1) is 5.88 Å². The molecule has 6 heteroatoms. The van der Waals surface area contributed by atoms with Crippen molar-refractivity contribution in [2.45, 2.75) is 6.42 Å². The first-order valence-electron chi connectivity index (χ1n) is 7.34. The normalized spacial score (nSPS) is 22.9. The Morgan fingerprint density at radius 2 is 1.76 bits per heavy atom. The minimum Gasteiger partial charge on any atom is -0.372 e. The van der Waals surface area contributed by atoms with Crippen molar-refractivity contribution in [1.82, 2.24) is 14.7 Å². The second kappa shape index (κ2) is 12.8. The van der Waals surface area contributed by atoms with E-state index in [0.717, 1.165) is 18.3 Å². The maximum absolute atomic E-state index is 2.36. The molecule has 0 spiro atoms. The van der Waals surface area contributed by atoms with E-state index in [0.29, 0.717) is 0 Å². The fourth-order valence-electron chi connectivity index (χ4n) is 1.77. The topological polar surface area (TPSA) is 9.72 Å². The molecule has 3 nitrogen and oxygen atoms in total. The van der Waals surface area contributed by atoms with E-state index in [-0.39, 0.29) is 0 Å². The summed E-state index contributed by atoms with van der Waals surface area (Å²) in [6.07, 6.45) is 7.85. The molecule has 3 rings (SSSR count). The van der Waals surface area contributed by atoms with Crippen LogP contribution in [-0.4, -0.2) is 78.1 Å². The summed E-state index contributed by atoms with van der Waals surface area (Å²) in [6, 6.07) is 0. The zero-order valence-electron chi connectivity index (χ0n) is 13.5. The fraction of sp³-hybridized carbons (Fsp3) is 0.733. The zero-order valence-corrected chi connectivity index (χ0v) is 16.0. The average Bonchev–Trinajstić information content (AvgIpc) is 2.51. The van der Waals surface area contributed by atoms with E-state index in [2.05, 4.69) is 59.6 Å². The summed E-state index contributed by atoms with van der Waals surface area (Å²) in [6.45, 7) is 2.42. The molecule has 0 aromatic rings. The van der Waals surface area contributed by atoms with Crippen molar-refractivity contribution < 1.29 is 0 Å². The molecule has 0 saturated carbocycles. The van der Waals surface area contributed by atoms with E-state index in [1.165, 1.54) is 30.3 Å². The van der Waals surface area contributed by atoms with Crippen molar-refractivity contribution in [3.63, 3.8) is 0 Å². The Bertz CT molecular complexity index is 305. The molecule has 0 bridgehead atoms. The van der Waals surface area contributed by atoms with Gasteiger partial charge >= 0.3 is 0 Å². The molecule has 3 heterocycles. The minimum absolute atomic E-state index is 1.12. The molecular weight excluding hydrogens is 318 g/mol. The predicted molar refractivity (Wildman–Crippen MR) is 103 cm³/mol. The van der Waals surface area contributed by atoms with Crippen molar-refractivity contribution >= 4 is 35.3 Å². The third kappa shape index (κ3) is 11.5. The van der Waals surface area contributed by atoms with Crippen molar-refractivity contribution in [3.05, 3.63) is 23.8 Å². The standard InChI is InChI=1S/C5H11NS.2C5H9NS/c3*1-6-3-2-4-7-5-6/h2-5H2,1H3;2,4H,3,5H2,1H3;2-3H,4-5H2,1H3. The molecule has 21 heavy (non-hydrogen) atoms. The highest BCUT2D eigenvalue weighted by atomic mass is 32.2. The molecule has 3 aliphatic heterocycles. The monoisotopic (exact) mass is 347 g/mol. The van der Waals surface area contributed by atoms with Crippen LogP contribution in [0.1, 0.15) is 6.42 Å². The van der Waals surface area contributed by atoms with Crippen LogP contribution in [0.25, 0.3) is 0 Å². The van der Waals surface area contributed by atoms with Gasteiger partial charge in [-0.2, -0.15) is 0 Å². The SMILES string of the molecule is CN1C=CCSC1.CN1CC=CSC1.CN1CCCSC1. The summed E-state index contributed by atoms with van der Waals surface area (Å²) in [5.74, 6) is 6.08. The van der Waals surface area contributed by atoms with Crippen LogP contribution in [0.5, 0.6) is 0 Å². The van der Waals surface area contributed by atoms with Crippen molar-refractivity contribution in [2.75, 3.05) is 63.4 Å². The maximum Gasteiger partial charge on any atom is 0.0633 e. The van der Waals surface area contributed by atoms with Crippen LogP contribution in [-0.2, 0) is 0 Å². The number of rotatable bonds is 0. The summed E-state index contributed by atoms with van der Waals surface area (Å²) >= 11 is 5.82. The number of likely N-dealkylation sites (N-methyl/N-ethyl adjacent to an activating group) is 1. The zero-order chi connectivity index (χ0) is 15.3. The second-order valence-electron chi connectivity index (χ2n) is 5.32. The average molecular weight is 348 g/mol. The maximum atomic E-state index is 2.36. The van der Waals surface area contributed by atoms with Gasteiger partial charge in [-0.15, -0.1) is 35.3 Å². The minimum atomic E-state index is 1.12. The fourth-order valence-corrected chi connectivity index (χ4v) is 4.04. The molecule has 1 fully saturated rings. The third-order valence-corrected chi connectivity index (χ3v) is 6.11. The Labute approximate surface area is 143 Å². The lowest BCUT2D eigenvalue weighted by Crippen LogP contribution is -2.23. The quantitative estimate of drug-likeness (QED) is 0.660. The Kier molecular flexibility index (Phi) is 11.7. The Morgan fingerprint density at radius 1 is 0.905 bits per heavy atom. The van der Waals surface area contributed by atoms with Crippen molar-refractivity contribution in [2.24, 2.45) is 0 Å². The largest absolute Gasteiger partial charge is 0.372 e. The van der Waals surface area contributed by atoms with Gasteiger partial charge in [0.15, 0.2) is 0 Å². The van der Waals surface area contributed by atoms with Crippen molar-refractivity contribution in [3.8, 4) is 0 Å². The molecule has 0 atom stereocenters. The van der Waals surface area contributed by atoms with Gasteiger partial charge in [-0.05, 0) is 44.4 Å². The third-order valence-electron chi connectivity index (χ3n) is 2.91. The molecule has 3 aliphatic rings. The summed E-state index contributed by atoms with van der Waals surface area (Å²) in [4.78, 5) is 6.80. The Morgan fingerprint density at radius 3 is 2.05 bits per heavy atom. The summed E-state index contributed by atoms with van der Waals surface area (Å²) in [5, 5.41) is 2.15. The molecular formula is C15H29N3S3. The molecule has 0 aliphatic carbocycles. The lowest BCUT2D eigenvalue weighted by molar-refractivity contribution is 0.384. The van der Waals surface area contributed by atoms with Crippen LogP contribution in [0, 0.1) is 0 Å². The van der Waals surface area contributed by atoms with Crippen LogP contribution in [0.15, 0.2) is 23.8 Å². The number of nitrogens with zero attached hydrogens (tertiary/aromatic N) is 3. The van der Waals surface area contributed by atoms with Crippen LogP contribution >= 0.6 is 35.3 Å². The molecule has 0 amide bonds. The second-order valence-corrected chi connectivity index (χ2v) is 8.26. The van der Waals surface area contributed by atoms with Crippen LogP contribution < -0.4 is 0 Å². The van der Waals surface area contributed by atoms with Gasteiger partial charge in [-0.25, -0.2) is 0 Å². The number of hydrogen-bond acceptors (Lipinski definition) is 6. The van der Waals surface area contributed by atoms with Crippen LogP contribution in [0.4, 0.5) is 0 Å². The molecule has 0 N–H and O–H groups in total. The van der Waals surface area contributed by atoms with E-state index in [1.54, 1.807) is 0 Å². The van der Waals surface area contributed by atoms with Gasteiger partial charge in [-0.3, -0.25) is 9.80 Å². The molecule has 0 unspecified atom stereocenters. The molecule has 0 radical (unpaired) electrons. The molecule has 0 aromatic carbocycles. The molecule has 1 saturated heterocycles. The molecule has 122 valence electrons. The highest BCUT2D eigenvalue weighted by Gasteiger charge is 2.02. The lowest BCUT2D eigenvalue weighted by atomic mass is 10.4. The van der Waals surface area contributed by atoms with Crippen LogP contribution in [0.3, 0.4) is 0 Å². The Hall–Kier alpha value is 0.250. The Balaban J connectivity index is 0.000000157. The van der Waals surface area contributed by atoms with Crippen LogP contribution in [0.2, 0.25) is 0 Å². The van der Waals surface area contributed by atoms with E-state index < -0.39 is 0 Å². The molecule has 0 aromatic heterocycles. The number of hydrogen-bond donors (Lipinski definition) is 0.